The fourth-order valence-electron chi connectivity index (χ4n) is 2.63. The fraction of sp³-hybridized carbons (Fsp3) is 0.267. The van der Waals surface area contributed by atoms with Crippen LogP contribution in [0.2, 0.25) is 0 Å². The number of fused-ring (bicyclic) bond motifs is 1. The lowest BCUT2D eigenvalue weighted by atomic mass is 10.0. The van der Waals surface area contributed by atoms with Crippen molar-refractivity contribution in [1.82, 2.24) is 19.4 Å². The molecule has 0 aliphatic heterocycles. The summed E-state index contributed by atoms with van der Waals surface area (Å²) < 4.78 is 41.9. The predicted molar refractivity (Wildman–Crippen MR) is 80.9 cm³/mol. The number of pyridine rings is 1. The van der Waals surface area contributed by atoms with Crippen molar-refractivity contribution in [2.75, 3.05) is 0 Å². The number of nitrogens with zero attached hydrogens (tertiary/aromatic N) is 4. The van der Waals surface area contributed by atoms with Crippen LogP contribution in [-0.4, -0.2) is 25.5 Å². The van der Waals surface area contributed by atoms with Gasteiger partial charge in [-0.25, -0.2) is 9.97 Å². The van der Waals surface area contributed by atoms with Gasteiger partial charge in [0.2, 0.25) is 0 Å². The second-order valence-corrected chi connectivity index (χ2v) is 6.40. The third-order valence-electron chi connectivity index (χ3n) is 4.10. The van der Waals surface area contributed by atoms with Gasteiger partial charge in [-0.15, -0.1) is 0 Å². The first-order chi connectivity index (χ1) is 10.9. The Morgan fingerprint density at radius 1 is 1.09 bits per heavy atom. The predicted octanol–water partition coefficient (Wildman–Crippen LogP) is 4.15. The van der Waals surface area contributed by atoms with Crippen molar-refractivity contribution >= 4 is 21.6 Å². The number of hydrogen-bond acceptors (Lipinski definition) is 3. The molecule has 0 aromatic carbocycles. The summed E-state index contributed by atoms with van der Waals surface area (Å²) in [5, 5.41) is 0. The first-order valence-electron chi connectivity index (χ1n) is 6.94. The lowest BCUT2D eigenvalue weighted by molar-refractivity contribution is -0.161. The van der Waals surface area contributed by atoms with E-state index in [0.717, 1.165) is 0 Å². The number of alkyl halides is 3. The van der Waals surface area contributed by atoms with Crippen LogP contribution in [0.4, 0.5) is 13.2 Å². The van der Waals surface area contributed by atoms with E-state index in [-0.39, 0.29) is 18.5 Å². The molecule has 4 rings (SSSR count). The van der Waals surface area contributed by atoms with Gasteiger partial charge in [0.05, 0.1) is 17.6 Å². The van der Waals surface area contributed by atoms with Crippen LogP contribution in [0.25, 0.3) is 17.0 Å². The van der Waals surface area contributed by atoms with Crippen LogP contribution in [-0.2, 0) is 5.41 Å². The number of aromatic nitrogens is 4. The fourth-order valence-corrected chi connectivity index (χ4v) is 2.97. The molecule has 0 unspecified atom stereocenters. The highest BCUT2D eigenvalue weighted by atomic mass is 79.9. The van der Waals surface area contributed by atoms with Crippen molar-refractivity contribution in [3.63, 3.8) is 0 Å². The van der Waals surface area contributed by atoms with Gasteiger partial charge in [0.15, 0.2) is 5.65 Å². The quantitative estimate of drug-likeness (QED) is 0.625. The van der Waals surface area contributed by atoms with E-state index >= 15 is 0 Å². The van der Waals surface area contributed by atoms with Crippen molar-refractivity contribution in [3.05, 3.63) is 47.1 Å². The smallest absolute Gasteiger partial charge is 0.303 e. The first kappa shape index (κ1) is 14.6. The third kappa shape index (κ3) is 2.32. The largest absolute Gasteiger partial charge is 0.399 e. The van der Waals surface area contributed by atoms with Crippen molar-refractivity contribution in [3.8, 4) is 11.4 Å². The molecule has 3 heterocycles. The van der Waals surface area contributed by atoms with E-state index in [1.807, 2.05) is 6.07 Å². The zero-order valence-corrected chi connectivity index (χ0v) is 13.3. The van der Waals surface area contributed by atoms with Crippen LogP contribution in [0.5, 0.6) is 0 Å². The average Bonchev–Trinajstić information content (AvgIpc) is 3.21. The van der Waals surface area contributed by atoms with Gasteiger partial charge >= 0.3 is 6.18 Å². The van der Waals surface area contributed by atoms with Crippen molar-refractivity contribution < 1.29 is 13.2 Å². The number of rotatable bonds is 2. The van der Waals surface area contributed by atoms with Crippen molar-refractivity contribution in [2.45, 2.75) is 24.4 Å². The zero-order chi connectivity index (χ0) is 16.2. The lowest BCUT2D eigenvalue weighted by Gasteiger charge is -2.18. The Hall–Kier alpha value is -1.96. The van der Waals surface area contributed by atoms with Crippen LogP contribution in [0.15, 0.2) is 41.4 Å². The molecule has 118 valence electrons. The molecule has 0 saturated heterocycles. The Kier molecular flexibility index (Phi) is 3.03. The molecular weight excluding hydrogens is 373 g/mol. The highest BCUT2D eigenvalue weighted by Gasteiger charge is 2.65. The molecule has 4 nitrogen and oxygen atoms in total. The Labute approximate surface area is 137 Å². The summed E-state index contributed by atoms with van der Waals surface area (Å²) >= 11 is 3.29. The zero-order valence-electron chi connectivity index (χ0n) is 11.7. The molecule has 0 amide bonds. The van der Waals surface area contributed by atoms with Gasteiger partial charge in [-0.2, -0.15) is 13.2 Å². The number of hydrogen-bond donors (Lipinski definition) is 0. The maximum atomic E-state index is 13.2. The van der Waals surface area contributed by atoms with Gasteiger partial charge < -0.3 is 4.40 Å². The average molecular weight is 383 g/mol. The van der Waals surface area contributed by atoms with Gasteiger partial charge in [0.1, 0.15) is 15.7 Å². The van der Waals surface area contributed by atoms with E-state index in [1.54, 1.807) is 22.7 Å². The van der Waals surface area contributed by atoms with Gasteiger partial charge in [-0.3, -0.25) is 4.98 Å². The standard InChI is InChI=1S/C15H10BrF3N4/c16-12-3-1-2-9(21-12)10-7-23-8-11(20-6-13(23)22-10)14(4-5-14)15(17,18)19/h1-3,6-8H,4-5H2. The van der Waals surface area contributed by atoms with Crippen molar-refractivity contribution in [2.24, 2.45) is 0 Å². The number of imidazole rings is 1. The first-order valence-corrected chi connectivity index (χ1v) is 7.73. The molecule has 8 heteroatoms. The van der Waals surface area contributed by atoms with Crippen LogP contribution in [0, 0.1) is 0 Å². The number of halogens is 4. The molecule has 0 spiro atoms. The Morgan fingerprint density at radius 2 is 1.87 bits per heavy atom. The molecule has 0 radical (unpaired) electrons. The Bertz CT molecular complexity index is 899. The molecule has 1 aliphatic carbocycles. The van der Waals surface area contributed by atoms with E-state index in [0.29, 0.717) is 21.6 Å². The van der Waals surface area contributed by atoms with Gasteiger partial charge in [-0.05, 0) is 40.9 Å². The van der Waals surface area contributed by atoms with E-state index < -0.39 is 11.6 Å². The molecule has 0 N–H and O–H groups in total. The summed E-state index contributed by atoms with van der Waals surface area (Å²) in [7, 11) is 0. The van der Waals surface area contributed by atoms with Crippen LogP contribution in [0.1, 0.15) is 18.5 Å². The van der Waals surface area contributed by atoms with Gasteiger partial charge in [0.25, 0.3) is 0 Å². The summed E-state index contributed by atoms with van der Waals surface area (Å²) in [5.74, 6) is 0. The molecule has 1 saturated carbocycles. The molecule has 0 atom stereocenters. The maximum Gasteiger partial charge on any atom is 0.399 e. The Balaban J connectivity index is 1.79. The van der Waals surface area contributed by atoms with E-state index in [1.165, 1.54) is 12.4 Å². The molecule has 3 aromatic heterocycles. The maximum absolute atomic E-state index is 13.2. The second-order valence-electron chi connectivity index (χ2n) is 5.59. The minimum Gasteiger partial charge on any atom is -0.303 e. The summed E-state index contributed by atoms with van der Waals surface area (Å²) in [4.78, 5) is 12.7. The molecule has 0 bridgehead atoms. The molecule has 23 heavy (non-hydrogen) atoms. The summed E-state index contributed by atoms with van der Waals surface area (Å²) in [6, 6.07) is 5.40. The van der Waals surface area contributed by atoms with Crippen molar-refractivity contribution in [1.29, 1.82) is 0 Å². The Morgan fingerprint density at radius 3 is 2.52 bits per heavy atom. The summed E-state index contributed by atoms with van der Waals surface area (Å²) in [6.07, 6.45) is 0.366. The molecule has 1 aliphatic rings. The van der Waals surface area contributed by atoms with Gasteiger partial charge in [0, 0.05) is 12.4 Å². The summed E-state index contributed by atoms with van der Waals surface area (Å²) in [6.45, 7) is 0. The third-order valence-corrected chi connectivity index (χ3v) is 4.54. The van der Waals surface area contributed by atoms with Crippen LogP contribution < -0.4 is 0 Å². The van der Waals surface area contributed by atoms with E-state index in [2.05, 4.69) is 30.9 Å². The highest BCUT2D eigenvalue weighted by molar-refractivity contribution is 9.10. The minimum absolute atomic E-state index is 0.0450. The highest BCUT2D eigenvalue weighted by Crippen LogP contribution is 2.58. The summed E-state index contributed by atoms with van der Waals surface area (Å²) in [5.41, 5.74) is -0.0320. The van der Waals surface area contributed by atoms with Crippen LogP contribution in [0.3, 0.4) is 0 Å². The van der Waals surface area contributed by atoms with E-state index in [4.69, 9.17) is 0 Å². The molecular formula is C15H10BrF3N4. The molecule has 3 aromatic rings. The topological polar surface area (TPSA) is 43.1 Å². The SMILES string of the molecule is FC(F)(F)C1(c2cn3cc(-c4cccc(Br)n4)nc3cn2)CC1. The second kappa shape index (κ2) is 4.77. The van der Waals surface area contributed by atoms with Gasteiger partial charge in [-0.1, -0.05) is 6.07 Å². The minimum atomic E-state index is -4.27. The van der Waals surface area contributed by atoms with E-state index in [9.17, 15) is 13.2 Å². The molecule has 1 fully saturated rings. The lowest BCUT2D eigenvalue weighted by Crippen LogP contribution is -2.29. The van der Waals surface area contributed by atoms with Crippen LogP contribution >= 0.6 is 15.9 Å². The monoisotopic (exact) mass is 382 g/mol. The normalized spacial score (nSPS) is 16.7.